The van der Waals surface area contributed by atoms with Gasteiger partial charge >= 0.3 is 0 Å². The summed E-state index contributed by atoms with van der Waals surface area (Å²) < 4.78 is 11.3. The molecule has 0 amide bonds. The van der Waals surface area contributed by atoms with Gasteiger partial charge in [-0.15, -0.1) is 0 Å². The fraction of sp³-hybridized carbons (Fsp3) is 0.833. The van der Waals surface area contributed by atoms with E-state index in [-0.39, 0.29) is 11.7 Å². The molecule has 1 heterocycles. The molecule has 1 fully saturated rings. The summed E-state index contributed by atoms with van der Waals surface area (Å²) in [5.74, 6) is 0.587. The lowest BCUT2D eigenvalue weighted by Gasteiger charge is -2.44. The molecule has 2 nitrogen and oxygen atoms in total. The quantitative estimate of drug-likeness (QED) is 0.555. The van der Waals surface area contributed by atoms with Crippen molar-refractivity contribution in [1.29, 1.82) is 0 Å². The lowest BCUT2D eigenvalue weighted by Crippen LogP contribution is -2.45. The summed E-state index contributed by atoms with van der Waals surface area (Å²) in [6.07, 6.45) is 4.78. The third-order valence-corrected chi connectivity index (χ3v) is 3.73. The summed E-state index contributed by atoms with van der Waals surface area (Å²) in [6, 6.07) is 0. The maximum Gasteiger partial charge on any atom is 0.154 e. The Labute approximate surface area is 86.3 Å². The van der Waals surface area contributed by atoms with E-state index in [1.165, 1.54) is 18.4 Å². The molecule has 2 rings (SSSR count). The van der Waals surface area contributed by atoms with Gasteiger partial charge in [-0.3, -0.25) is 0 Å². The van der Waals surface area contributed by atoms with Crippen LogP contribution >= 0.6 is 0 Å². The fourth-order valence-corrected chi connectivity index (χ4v) is 2.42. The van der Waals surface area contributed by atoms with Crippen LogP contribution in [0.5, 0.6) is 0 Å². The second-order valence-electron chi connectivity index (χ2n) is 4.85. The summed E-state index contributed by atoms with van der Waals surface area (Å²) >= 11 is 0. The van der Waals surface area contributed by atoms with E-state index in [1.807, 2.05) is 6.92 Å². The van der Waals surface area contributed by atoms with Crippen molar-refractivity contribution >= 4 is 0 Å². The van der Waals surface area contributed by atoms with Crippen LogP contribution in [-0.2, 0) is 9.47 Å². The van der Waals surface area contributed by atoms with Gasteiger partial charge in [0, 0.05) is 5.41 Å². The first kappa shape index (κ1) is 10.2. The maximum absolute atomic E-state index is 5.63. The van der Waals surface area contributed by atoms with Crippen LogP contribution in [0.1, 0.15) is 33.6 Å². The highest BCUT2D eigenvalue weighted by molar-refractivity contribution is 5.11. The average molecular weight is 196 g/mol. The van der Waals surface area contributed by atoms with Crippen LogP contribution in [0.15, 0.2) is 11.6 Å². The molecule has 0 radical (unpaired) electrons. The summed E-state index contributed by atoms with van der Waals surface area (Å²) in [6.45, 7) is 8.20. The molecule has 1 aliphatic carbocycles. The van der Waals surface area contributed by atoms with Gasteiger partial charge in [-0.05, 0) is 32.6 Å². The highest BCUT2D eigenvalue weighted by atomic mass is 16.7. The van der Waals surface area contributed by atoms with E-state index >= 15 is 0 Å². The second kappa shape index (κ2) is 3.67. The van der Waals surface area contributed by atoms with E-state index in [4.69, 9.17) is 9.47 Å². The van der Waals surface area contributed by atoms with Crippen LogP contribution in [0.4, 0.5) is 0 Å². The molecule has 0 aromatic heterocycles. The van der Waals surface area contributed by atoms with Crippen molar-refractivity contribution in [3.63, 3.8) is 0 Å². The molecule has 80 valence electrons. The molecular weight excluding hydrogens is 176 g/mol. The van der Waals surface area contributed by atoms with E-state index in [0.29, 0.717) is 5.92 Å². The largest absolute Gasteiger partial charge is 0.352 e. The smallest absolute Gasteiger partial charge is 0.154 e. The van der Waals surface area contributed by atoms with Crippen LogP contribution in [0, 0.1) is 11.3 Å². The number of ether oxygens (including phenoxy) is 2. The molecule has 0 aromatic rings. The summed E-state index contributed by atoms with van der Waals surface area (Å²) in [7, 11) is 0. The first-order chi connectivity index (χ1) is 6.62. The van der Waals surface area contributed by atoms with Crippen LogP contribution in [0.3, 0.4) is 0 Å². The van der Waals surface area contributed by atoms with Crippen LogP contribution < -0.4 is 0 Å². The van der Waals surface area contributed by atoms with Crippen molar-refractivity contribution in [2.45, 2.75) is 39.9 Å². The third kappa shape index (κ3) is 1.73. The molecule has 0 aromatic carbocycles. The fourth-order valence-electron chi connectivity index (χ4n) is 2.42. The van der Waals surface area contributed by atoms with E-state index in [9.17, 15) is 0 Å². The SMILES string of the molecule is CC1=CC(C)C2(CC1)COC(C)OC2. The average Bonchev–Trinajstić information content (AvgIpc) is 2.16. The predicted octanol–water partition coefficient (Wildman–Crippen LogP) is 2.74. The molecule has 0 bridgehead atoms. The molecule has 1 saturated heterocycles. The number of rotatable bonds is 0. The minimum Gasteiger partial charge on any atom is -0.352 e. The third-order valence-electron chi connectivity index (χ3n) is 3.73. The van der Waals surface area contributed by atoms with Crippen LogP contribution in [0.25, 0.3) is 0 Å². The van der Waals surface area contributed by atoms with Gasteiger partial charge in [0.25, 0.3) is 0 Å². The minimum absolute atomic E-state index is 0.0140. The van der Waals surface area contributed by atoms with Gasteiger partial charge in [0.1, 0.15) is 0 Å². The molecule has 0 N–H and O–H groups in total. The van der Waals surface area contributed by atoms with E-state index < -0.39 is 0 Å². The number of hydrogen-bond acceptors (Lipinski definition) is 2. The Balaban J connectivity index is 2.10. The number of allylic oxidation sites excluding steroid dienone is 2. The molecule has 1 aliphatic heterocycles. The summed E-state index contributed by atoms with van der Waals surface area (Å²) in [5.41, 5.74) is 1.77. The van der Waals surface area contributed by atoms with Crippen LogP contribution in [-0.4, -0.2) is 19.5 Å². The Morgan fingerprint density at radius 1 is 1.29 bits per heavy atom. The summed E-state index contributed by atoms with van der Waals surface area (Å²) in [5, 5.41) is 0. The normalized spacial score (nSPS) is 43.8. The highest BCUT2D eigenvalue weighted by Gasteiger charge is 2.41. The Morgan fingerprint density at radius 2 is 1.93 bits per heavy atom. The van der Waals surface area contributed by atoms with E-state index in [2.05, 4.69) is 19.9 Å². The van der Waals surface area contributed by atoms with Crippen LogP contribution in [0.2, 0.25) is 0 Å². The van der Waals surface area contributed by atoms with Crippen molar-refractivity contribution < 1.29 is 9.47 Å². The zero-order valence-corrected chi connectivity index (χ0v) is 9.38. The van der Waals surface area contributed by atoms with Crippen molar-refractivity contribution in [1.82, 2.24) is 0 Å². The standard InChI is InChI=1S/C12H20O2/c1-9-4-5-12(10(2)6-9)7-13-11(3)14-8-12/h6,10-11H,4-5,7-8H2,1-3H3. The first-order valence-corrected chi connectivity index (χ1v) is 5.53. The zero-order chi connectivity index (χ0) is 10.2. The van der Waals surface area contributed by atoms with Gasteiger partial charge in [0.2, 0.25) is 0 Å². The van der Waals surface area contributed by atoms with Gasteiger partial charge in [0.15, 0.2) is 6.29 Å². The molecule has 2 heteroatoms. The topological polar surface area (TPSA) is 18.5 Å². The second-order valence-corrected chi connectivity index (χ2v) is 4.85. The van der Waals surface area contributed by atoms with E-state index in [0.717, 1.165) is 13.2 Å². The predicted molar refractivity (Wildman–Crippen MR) is 56.0 cm³/mol. The lowest BCUT2D eigenvalue weighted by atomic mass is 9.69. The van der Waals surface area contributed by atoms with Crippen molar-refractivity contribution in [2.75, 3.05) is 13.2 Å². The van der Waals surface area contributed by atoms with Crippen molar-refractivity contribution in [2.24, 2.45) is 11.3 Å². The molecule has 1 unspecified atom stereocenters. The molecule has 14 heavy (non-hydrogen) atoms. The first-order valence-electron chi connectivity index (χ1n) is 5.53. The number of hydrogen-bond donors (Lipinski definition) is 0. The molecule has 0 saturated carbocycles. The Bertz CT molecular complexity index is 237. The van der Waals surface area contributed by atoms with E-state index in [1.54, 1.807) is 0 Å². The highest BCUT2D eigenvalue weighted by Crippen LogP contribution is 2.42. The monoisotopic (exact) mass is 196 g/mol. The Kier molecular flexibility index (Phi) is 2.67. The Morgan fingerprint density at radius 3 is 2.50 bits per heavy atom. The minimum atomic E-state index is -0.0140. The van der Waals surface area contributed by atoms with Gasteiger partial charge in [-0.25, -0.2) is 0 Å². The molecular formula is C12H20O2. The van der Waals surface area contributed by atoms with Gasteiger partial charge in [0.05, 0.1) is 13.2 Å². The summed E-state index contributed by atoms with van der Waals surface area (Å²) in [4.78, 5) is 0. The van der Waals surface area contributed by atoms with Gasteiger partial charge in [-0.1, -0.05) is 18.6 Å². The van der Waals surface area contributed by atoms with Gasteiger partial charge in [-0.2, -0.15) is 0 Å². The Hall–Kier alpha value is -0.340. The van der Waals surface area contributed by atoms with Crippen molar-refractivity contribution in [3.8, 4) is 0 Å². The molecule has 2 aliphatic rings. The zero-order valence-electron chi connectivity index (χ0n) is 9.38. The molecule has 1 atom stereocenters. The molecule has 1 spiro atoms. The maximum atomic E-state index is 5.63. The van der Waals surface area contributed by atoms with Gasteiger partial charge < -0.3 is 9.47 Å². The lowest BCUT2D eigenvalue weighted by molar-refractivity contribution is -0.231. The van der Waals surface area contributed by atoms with Crippen molar-refractivity contribution in [3.05, 3.63) is 11.6 Å².